The lowest BCUT2D eigenvalue weighted by molar-refractivity contribution is -0.146. The van der Waals surface area contributed by atoms with E-state index in [4.69, 9.17) is 9.47 Å². The highest BCUT2D eigenvalue weighted by molar-refractivity contribution is 14.0. The van der Waals surface area contributed by atoms with Gasteiger partial charge in [0, 0.05) is 33.8 Å². The molecule has 1 N–H and O–H groups in total. The number of hydrogen-bond donors (Lipinski definition) is 1. The number of nitrogens with one attached hydrogen (secondary N) is 1. The molecule has 0 aromatic rings. The molecular formula is C12H24IN3O3. The highest BCUT2D eigenvalue weighted by Gasteiger charge is 2.26. The first kappa shape index (κ1) is 18.4. The van der Waals surface area contributed by atoms with Crippen molar-refractivity contribution in [3.63, 3.8) is 0 Å². The normalized spacial score (nSPS) is 16.8. The quantitative estimate of drug-likeness (QED) is 0.254. The van der Waals surface area contributed by atoms with Gasteiger partial charge < -0.3 is 19.7 Å². The Labute approximate surface area is 131 Å². The summed E-state index contributed by atoms with van der Waals surface area (Å²) in [7, 11) is 4.88. The van der Waals surface area contributed by atoms with E-state index >= 15 is 0 Å². The molecule has 0 radical (unpaired) electrons. The van der Waals surface area contributed by atoms with Gasteiger partial charge in [-0.3, -0.25) is 9.79 Å². The second-order valence-electron chi connectivity index (χ2n) is 4.25. The number of nitrogens with zero attached hydrogens (tertiary/aromatic N) is 2. The van der Waals surface area contributed by atoms with Crippen LogP contribution in [0.4, 0.5) is 0 Å². The first-order valence-electron chi connectivity index (χ1n) is 6.25. The average Bonchev–Trinajstić information content (AvgIpc) is 2.43. The number of esters is 1. The summed E-state index contributed by atoms with van der Waals surface area (Å²) in [5, 5.41) is 3.23. The van der Waals surface area contributed by atoms with Gasteiger partial charge in [-0.2, -0.15) is 0 Å². The summed E-state index contributed by atoms with van der Waals surface area (Å²) in [6, 6.07) is 0. The lowest BCUT2D eigenvalue weighted by atomic mass is 9.97. The Balaban J connectivity index is 0.00000324. The van der Waals surface area contributed by atoms with Crippen molar-refractivity contribution >= 4 is 35.9 Å². The maximum absolute atomic E-state index is 11.4. The third kappa shape index (κ3) is 5.94. The van der Waals surface area contributed by atoms with Crippen LogP contribution in [-0.2, 0) is 14.3 Å². The van der Waals surface area contributed by atoms with Gasteiger partial charge in [0.1, 0.15) is 0 Å². The summed E-state index contributed by atoms with van der Waals surface area (Å²) in [6.45, 7) is 3.04. The van der Waals surface area contributed by atoms with E-state index in [1.165, 1.54) is 7.11 Å². The Morgan fingerprint density at radius 3 is 2.47 bits per heavy atom. The van der Waals surface area contributed by atoms with Crippen LogP contribution in [0.25, 0.3) is 0 Å². The van der Waals surface area contributed by atoms with Gasteiger partial charge in [0.2, 0.25) is 0 Å². The van der Waals surface area contributed by atoms with E-state index in [1.807, 2.05) is 0 Å². The van der Waals surface area contributed by atoms with Crippen LogP contribution in [0.3, 0.4) is 0 Å². The van der Waals surface area contributed by atoms with Crippen LogP contribution >= 0.6 is 24.0 Å². The van der Waals surface area contributed by atoms with Gasteiger partial charge >= 0.3 is 5.97 Å². The predicted octanol–water partition coefficient (Wildman–Crippen LogP) is 0.711. The Kier molecular flexibility index (Phi) is 9.94. The van der Waals surface area contributed by atoms with Gasteiger partial charge in [0.25, 0.3) is 0 Å². The summed E-state index contributed by atoms with van der Waals surface area (Å²) in [5.41, 5.74) is 0. The number of methoxy groups -OCH3 is 2. The van der Waals surface area contributed by atoms with E-state index < -0.39 is 0 Å². The molecule has 0 saturated carbocycles. The maximum Gasteiger partial charge on any atom is 0.308 e. The van der Waals surface area contributed by atoms with E-state index in [0.717, 1.165) is 38.4 Å². The first-order chi connectivity index (χ1) is 8.72. The topological polar surface area (TPSA) is 63.2 Å². The van der Waals surface area contributed by atoms with E-state index in [1.54, 1.807) is 14.2 Å². The van der Waals surface area contributed by atoms with E-state index in [-0.39, 0.29) is 35.9 Å². The minimum atomic E-state index is -0.100. The fourth-order valence-electron chi connectivity index (χ4n) is 2.09. The van der Waals surface area contributed by atoms with Crippen molar-refractivity contribution in [1.29, 1.82) is 0 Å². The summed E-state index contributed by atoms with van der Waals surface area (Å²) in [4.78, 5) is 17.8. The molecule has 6 nitrogen and oxygen atoms in total. The second kappa shape index (κ2) is 10.2. The Bertz CT molecular complexity index is 292. The third-order valence-electron chi connectivity index (χ3n) is 3.13. The molecule has 1 rings (SSSR count). The van der Waals surface area contributed by atoms with Crippen LogP contribution in [0.2, 0.25) is 0 Å². The largest absolute Gasteiger partial charge is 0.469 e. The van der Waals surface area contributed by atoms with E-state index in [9.17, 15) is 4.79 Å². The zero-order valence-electron chi connectivity index (χ0n) is 11.8. The Morgan fingerprint density at radius 2 is 2.00 bits per heavy atom. The van der Waals surface area contributed by atoms with Gasteiger partial charge in [-0.05, 0) is 12.8 Å². The van der Waals surface area contributed by atoms with E-state index in [0.29, 0.717) is 6.61 Å². The highest BCUT2D eigenvalue weighted by atomic mass is 127. The van der Waals surface area contributed by atoms with E-state index in [2.05, 4.69) is 15.2 Å². The number of hydrogen-bond acceptors (Lipinski definition) is 4. The molecule has 7 heteroatoms. The molecule has 1 aliphatic heterocycles. The van der Waals surface area contributed by atoms with Crippen molar-refractivity contribution in [3.8, 4) is 0 Å². The van der Waals surface area contributed by atoms with Crippen LogP contribution in [0.1, 0.15) is 12.8 Å². The summed E-state index contributed by atoms with van der Waals surface area (Å²) >= 11 is 0. The number of carbonyl (C=O) groups is 1. The number of halogens is 1. The van der Waals surface area contributed by atoms with Crippen LogP contribution in [0.5, 0.6) is 0 Å². The fraction of sp³-hybridized carbons (Fsp3) is 0.833. The van der Waals surface area contributed by atoms with Gasteiger partial charge in [-0.25, -0.2) is 0 Å². The number of aliphatic imine (C=N–C) groups is 1. The lowest BCUT2D eigenvalue weighted by Crippen LogP contribution is -2.47. The zero-order valence-corrected chi connectivity index (χ0v) is 14.2. The number of carbonyl (C=O) groups excluding carboxylic acids is 1. The smallest absolute Gasteiger partial charge is 0.308 e. The lowest BCUT2D eigenvalue weighted by Gasteiger charge is -2.33. The van der Waals surface area contributed by atoms with Crippen LogP contribution in [-0.4, -0.2) is 64.3 Å². The van der Waals surface area contributed by atoms with Crippen molar-refractivity contribution in [2.45, 2.75) is 12.8 Å². The van der Waals surface area contributed by atoms with Crippen LogP contribution < -0.4 is 5.32 Å². The first-order valence-corrected chi connectivity index (χ1v) is 6.25. The van der Waals surface area contributed by atoms with Crippen molar-refractivity contribution < 1.29 is 14.3 Å². The minimum absolute atomic E-state index is 0. The number of likely N-dealkylation sites (tertiary alicyclic amines) is 1. The molecule has 0 atom stereocenters. The molecule has 0 amide bonds. The Hall–Kier alpha value is -0.570. The van der Waals surface area contributed by atoms with Crippen molar-refractivity contribution in [2.75, 3.05) is 47.5 Å². The summed E-state index contributed by atoms with van der Waals surface area (Å²) in [5.74, 6) is 0.802. The molecule has 0 spiro atoms. The molecule has 0 aromatic carbocycles. The Morgan fingerprint density at radius 1 is 1.37 bits per heavy atom. The molecule has 19 heavy (non-hydrogen) atoms. The SMILES string of the molecule is CN=C(NCCOC)N1CCC(C(=O)OC)CC1.I. The molecule has 1 aliphatic rings. The molecule has 112 valence electrons. The van der Waals surface area contributed by atoms with Crippen molar-refractivity contribution in [2.24, 2.45) is 10.9 Å². The number of piperidine rings is 1. The molecule has 0 aromatic heterocycles. The monoisotopic (exact) mass is 385 g/mol. The average molecular weight is 385 g/mol. The van der Waals surface area contributed by atoms with Crippen molar-refractivity contribution in [1.82, 2.24) is 10.2 Å². The fourth-order valence-corrected chi connectivity index (χ4v) is 2.09. The number of ether oxygens (including phenoxy) is 2. The molecule has 0 bridgehead atoms. The summed E-state index contributed by atoms with van der Waals surface area (Å²) in [6.07, 6.45) is 1.63. The molecule has 0 aliphatic carbocycles. The van der Waals surface area contributed by atoms with Gasteiger partial charge in [-0.15, -0.1) is 24.0 Å². The van der Waals surface area contributed by atoms with Crippen LogP contribution in [0, 0.1) is 5.92 Å². The zero-order chi connectivity index (χ0) is 13.4. The predicted molar refractivity (Wildman–Crippen MR) is 85.0 cm³/mol. The van der Waals surface area contributed by atoms with Gasteiger partial charge in [0.15, 0.2) is 5.96 Å². The molecular weight excluding hydrogens is 361 g/mol. The second-order valence-corrected chi connectivity index (χ2v) is 4.25. The van der Waals surface area contributed by atoms with Crippen LogP contribution in [0.15, 0.2) is 4.99 Å². The molecule has 1 fully saturated rings. The summed E-state index contributed by atoms with van der Waals surface area (Å²) < 4.78 is 9.76. The number of rotatable bonds is 4. The molecule has 1 saturated heterocycles. The highest BCUT2D eigenvalue weighted by Crippen LogP contribution is 2.18. The third-order valence-corrected chi connectivity index (χ3v) is 3.13. The maximum atomic E-state index is 11.4. The molecule has 1 heterocycles. The number of guanidine groups is 1. The molecule has 0 unspecified atom stereocenters. The van der Waals surface area contributed by atoms with Crippen molar-refractivity contribution in [3.05, 3.63) is 0 Å². The van der Waals surface area contributed by atoms with Gasteiger partial charge in [-0.1, -0.05) is 0 Å². The standard InChI is InChI=1S/C12H23N3O3.HI/c1-13-12(14-6-9-17-2)15-7-4-10(5-8-15)11(16)18-3;/h10H,4-9H2,1-3H3,(H,13,14);1H. The minimum Gasteiger partial charge on any atom is -0.469 e. The van der Waals surface area contributed by atoms with Gasteiger partial charge in [0.05, 0.1) is 19.6 Å².